The number of nitrogens with zero attached hydrogens (tertiary/aromatic N) is 2. The molecule has 1 saturated carbocycles. The first kappa shape index (κ1) is 16.4. The first-order chi connectivity index (χ1) is 11.6. The number of hydrogen-bond donors (Lipinski definition) is 0. The van der Waals surface area contributed by atoms with Crippen LogP contribution < -0.4 is 0 Å². The summed E-state index contributed by atoms with van der Waals surface area (Å²) in [5, 5.41) is 0.670. The van der Waals surface area contributed by atoms with Crippen LogP contribution in [0, 0.1) is 0 Å². The third-order valence-electron chi connectivity index (χ3n) is 6.20. The zero-order valence-corrected chi connectivity index (χ0v) is 14.9. The standard InChI is InChI=1S/C18H26N2O3S/c21-16-7-8-17(22)20(16)14-9-12-5-6-13(10-14)19(12)18(23)11-24-15-3-1-2-4-15/h12-15H,1-11H2/t12-,13+,14?. The quantitative estimate of drug-likeness (QED) is 0.730. The first-order valence-electron chi connectivity index (χ1n) is 9.41. The number of hydrogen-bond acceptors (Lipinski definition) is 4. The average molecular weight is 350 g/mol. The van der Waals surface area contributed by atoms with Crippen LogP contribution in [0.5, 0.6) is 0 Å². The summed E-state index contributed by atoms with van der Waals surface area (Å²) in [6.45, 7) is 0. The van der Waals surface area contributed by atoms with Gasteiger partial charge in [0.2, 0.25) is 17.7 Å². The minimum Gasteiger partial charge on any atom is -0.336 e. The molecule has 3 atom stereocenters. The Kier molecular flexibility index (Phi) is 4.58. The van der Waals surface area contributed by atoms with Crippen LogP contribution in [-0.2, 0) is 14.4 Å². The lowest BCUT2D eigenvalue weighted by Gasteiger charge is -2.41. The number of fused-ring (bicyclic) bond motifs is 2. The van der Waals surface area contributed by atoms with Crippen LogP contribution in [-0.4, -0.2) is 56.6 Å². The van der Waals surface area contributed by atoms with Gasteiger partial charge in [0, 0.05) is 36.2 Å². The van der Waals surface area contributed by atoms with E-state index in [1.165, 1.54) is 30.6 Å². The lowest BCUT2D eigenvalue weighted by atomic mass is 9.96. The van der Waals surface area contributed by atoms with Gasteiger partial charge in [-0.25, -0.2) is 0 Å². The molecule has 5 nitrogen and oxygen atoms in total. The van der Waals surface area contributed by atoms with Crippen LogP contribution in [0.15, 0.2) is 0 Å². The van der Waals surface area contributed by atoms with E-state index in [2.05, 4.69) is 4.90 Å². The Labute approximate surface area is 147 Å². The van der Waals surface area contributed by atoms with E-state index in [1.807, 2.05) is 11.8 Å². The minimum atomic E-state index is -0.0130. The third kappa shape index (κ3) is 2.98. The van der Waals surface area contributed by atoms with Crippen molar-refractivity contribution in [2.24, 2.45) is 0 Å². The van der Waals surface area contributed by atoms with Crippen molar-refractivity contribution in [2.45, 2.75) is 87.6 Å². The van der Waals surface area contributed by atoms with Gasteiger partial charge >= 0.3 is 0 Å². The Morgan fingerprint density at radius 3 is 2.08 bits per heavy atom. The number of rotatable bonds is 4. The molecule has 1 unspecified atom stereocenters. The molecule has 0 spiro atoms. The molecule has 0 aromatic rings. The minimum absolute atomic E-state index is 0.0130. The van der Waals surface area contributed by atoms with Gasteiger partial charge in [-0.15, -0.1) is 11.8 Å². The molecular formula is C18H26N2O3S. The second kappa shape index (κ2) is 6.70. The Hall–Kier alpha value is -1.04. The van der Waals surface area contributed by atoms with Crippen LogP contribution in [0.3, 0.4) is 0 Å². The Morgan fingerprint density at radius 1 is 0.917 bits per heavy atom. The van der Waals surface area contributed by atoms with Crippen molar-refractivity contribution in [3.63, 3.8) is 0 Å². The molecule has 1 aliphatic carbocycles. The fraction of sp³-hybridized carbons (Fsp3) is 0.833. The molecule has 4 aliphatic rings. The normalized spacial score (nSPS) is 33.8. The number of likely N-dealkylation sites (tertiary alicyclic amines) is 1. The summed E-state index contributed by atoms with van der Waals surface area (Å²) in [6.07, 6.45) is 9.48. The molecule has 3 aliphatic heterocycles. The summed E-state index contributed by atoms with van der Waals surface area (Å²) in [7, 11) is 0. The van der Waals surface area contributed by atoms with Gasteiger partial charge < -0.3 is 4.90 Å². The van der Waals surface area contributed by atoms with Gasteiger partial charge in [-0.05, 0) is 38.5 Å². The molecule has 4 fully saturated rings. The van der Waals surface area contributed by atoms with Crippen molar-refractivity contribution in [1.29, 1.82) is 0 Å². The first-order valence-corrected chi connectivity index (χ1v) is 10.5. The largest absolute Gasteiger partial charge is 0.336 e. The second-order valence-electron chi connectivity index (χ2n) is 7.69. The van der Waals surface area contributed by atoms with Crippen molar-refractivity contribution in [1.82, 2.24) is 9.80 Å². The molecule has 0 aromatic heterocycles. The number of amides is 3. The highest BCUT2D eigenvalue weighted by atomic mass is 32.2. The summed E-state index contributed by atoms with van der Waals surface area (Å²) in [5.74, 6) is 0.850. The van der Waals surface area contributed by atoms with E-state index < -0.39 is 0 Å². The van der Waals surface area contributed by atoms with Gasteiger partial charge in [0.05, 0.1) is 5.75 Å². The summed E-state index contributed by atoms with van der Waals surface area (Å²) in [6, 6.07) is 0.481. The summed E-state index contributed by atoms with van der Waals surface area (Å²) in [4.78, 5) is 40.4. The maximum Gasteiger partial charge on any atom is 0.233 e. The van der Waals surface area contributed by atoms with E-state index in [4.69, 9.17) is 0 Å². The Bertz CT molecular complexity index is 516. The van der Waals surface area contributed by atoms with Crippen LogP contribution in [0.25, 0.3) is 0 Å². The monoisotopic (exact) mass is 350 g/mol. The third-order valence-corrected chi connectivity index (χ3v) is 7.55. The fourth-order valence-electron chi connectivity index (χ4n) is 5.09. The van der Waals surface area contributed by atoms with E-state index in [0.717, 1.165) is 25.7 Å². The summed E-state index contributed by atoms with van der Waals surface area (Å²) in [5.41, 5.74) is 0. The molecule has 132 valence electrons. The van der Waals surface area contributed by atoms with E-state index in [1.54, 1.807) is 0 Å². The summed E-state index contributed by atoms with van der Waals surface area (Å²) >= 11 is 1.83. The van der Waals surface area contributed by atoms with Crippen LogP contribution in [0.1, 0.15) is 64.2 Å². The van der Waals surface area contributed by atoms with Crippen LogP contribution in [0.4, 0.5) is 0 Å². The van der Waals surface area contributed by atoms with Crippen molar-refractivity contribution in [3.05, 3.63) is 0 Å². The maximum absolute atomic E-state index is 12.7. The molecule has 6 heteroatoms. The van der Waals surface area contributed by atoms with Gasteiger partial charge in [0.15, 0.2) is 0 Å². The van der Waals surface area contributed by atoms with Crippen molar-refractivity contribution < 1.29 is 14.4 Å². The van der Waals surface area contributed by atoms with Gasteiger partial charge in [0.25, 0.3) is 0 Å². The molecule has 3 saturated heterocycles. The number of imide groups is 1. The molecule has 4 rings (SSSR count). The predicted octanol–water partition coefficient (Wildman–Crippen LogP) is 2.33. The maximum atomic E-state index is 12.7. The van der Waals surface area contributed by atoms with Crippen LogP contribution >= 0.6 is 11.8 Å². The lowest BCUT2D eigenvalue weighted by Crippen LogP contribution is -2.54. The molecule has 3 amide bonds. The molecule has 0 aromatic carbocycles. The number of carbonyl (C=O) groups excluding carboxylic acids is 3. The molecule has 0 radical (unpaired) electrons. The Morgan fingerprint density at radius 2 is 1.50 bits per heavy atom. The van der Waals surface area contributed by atoms with Crippen LogP contribution in [0.2, 0.25) is 0 Å². The predicted molar refractivity (Wildman–Crippen MR) is 92.5 cm³/mol. The van der Waals surface area contributed by atoms with E-state index in [9.17, 15) is 14.4 Å². The molecule has 3 heterocycles. The van der Waals surface area contributed by atoms with E-state index >= 15 is 0 Å². The fourth-order valence-corrected chi connectivity index (χ4v) is 6.28. The average Bonchev–Trinajstić information content (AvgIpc) is 3.25. The van der Waals surface area contributed by atoms with Gasteiger partial charge in [0.1, 0.15) is 0 Å². The van der Waals surface area contributed by atoms with Gasteiger partial charge in [-0.2, -0.15) is 0 Å². The highest BCUT2D eigenvalue weighted by Crippen LogP contribution is 2.39. The second-order valence-corrected chi connectivity index (χ2v) is 8.97. The highest BCUT2D eigenvalue weighted by Gasteiger charge is 2.47. The molecule has 0 N–H and O–H groups in total. The lowest BCUT2D eigenvalue weighted by molar-refractivity contribution is -0.144. The topological polar surface area (TPSA) is 57.7 Å². The van der Waals surface area contributed by atoms with Gasteiger partial charge in [-0.1, -0.05) is 12.8 Å². The van der Waals surface area contributed by atoms with E-state index in [0.29, 0.717) is 23.8 Å². The molecule has 24 heavy (non-hydrogen) atoms. The van der Waals surface area contributed by atoms with Gasteiger partial charge in [-0.3, -0.25) is 19.3 Å². The van der Waals surface area contributed by atoms with Crippen molar-refractivity contribution >= 4 is 29.5 Å². The number of thioether (sulfide) groups is 1. The highest BCUT2D eigenvalue weighted by molar-refractivity contribution is 8.00. The van der Waals surface area contributed by atoms with Crippen molar-refractivity contribution in [3.8, 4) is 0 Å². The molecule has 2 bridgehead atoms. The zero-order valence-electron chi connectivity index (χ0n) is 14.1. The van der Waals surface area contributed by atoms with E-state index in [-0.39, 0.29) is 35.8 Å². The van der Waals surface area contributed by atoms with Crippen molar-refractivity contribution in [2.75, 3.05) is 5.75 Å². The zero-order chi connectivity index (χ0) is 16.7. The summed E-state index contributed by atoms with van der Waals surface area (Å²) < 4.78 is 0. The number of carbonyl (C=O) groups is 3. The Balaban J connectivity index is 1.37. The molecular weight excluding hydrogens is 324 g/mol. The smallest absolute Gasteiger partial charge is 0.233 e. The number of piperidine rings is 1. The SMILES string of the molecule is O=C1CCC(=O)N1C1C[C@H]2CC[C@@H](C1)N2C(=O)CSC1CCCC1.